The Labute approximate surface area is 415 Å². The smallest absolute Gasteiger partial charge is 0.407 e. The summed E-state index contributed by atoms with van der Waals surface area (Å²) in [6.45, 7) is 10.5. The molecule has 1 fully saturated rings. The molecule has 0 saturated carbocycles. The van der Waals surface area contributed by atoms with Crippen LogP contribution in [-0.2, 0) is 77.8 Å². The fourth-order valence-corrected chi connectivity index (χ4v) is 6.80. The summed E-state index contributed by atoms with van der Waals surface area (Å²) in [4.78, 5) is 75.3. The number of alkyl carbamates (subject to hydrolysis) is 1. The van der Waals surface area contributed by atoms with Crippen molar-refractivity contribution >= 4 is 41.3 Å². The second-order valence-corrected chi connectivity index (χ2v) is 15.8. The second kappa shape index (κ2) is 37.7. The molecule has 1 saturated heterocycles. The van der Waals surface area contributed by atoms with Gasteiger partial charge in [-0.05, 0) is 37.0 Å². The molecule has 71 heavy (non-hydrogen) atoms. The maximum Gasteiger partial charge on any atom is 0.407 e. The number of hydrogen-bond donors (Lipinski definition) is 3. The molecule has 0 bridgehead atoms. The summed E-state index contributed by atoms with van der Waals surface area (Å²) in [7, 11) is 0. The van der Waals surface area contributed by atoms with E-state index in [0.717, 1.165) is 23.3 Å². The zero-order valence-electron chi connectivity index (χ0n) is 40.7. The lowest BCUT2D eigenvalue weighted by Crippen LogP contribution is -2.54. The molecule has 0 spiro atoms. The number of benzene rings is 2. The van der Waals surface area contributed by atoms with Crippen LogP contribution in [0.1, 0.15) is 64.8 Å². The lowest BCUT2D eigenvalue weighted by Gasteiger charge is -2.27. The molecule has 6 amide bonds. The van der Waals surface area contributed by atoms with Crippen LogP contribution >= 0.6 is 0 Å². The maximum absolute atomic E-state index is 13.2. The highest BCUT2D eigenvalue weighted by atomic mass is 16.6. The number of amides is 6. The highest BCUT2D eigenvalue weighted by Gasteiger charge is 2.45. The molecule has 396 valence electrons. The van der Waals surface area contributed by atoms with Gasteiger partial charge in [0.2, 0.25) is 17.7 Å². The molecule has 2 aliphatic heterocycles. The van der Waals surface area contributed by atoms with E-state index in [1.54, 1.807) is 12.1 Å². The molecule has 2 aromatic rings. The van der Waals surface area contributed by atoms with Crippen LogP contribution in [0.25, 0.3) is 0 Å². The molecule has 0 radical (unpaired) electrons. The van der Waals surface area contributed by atoms with E-state index in [1.165, 1.54) is 6.07 Å². The Morgan fingerprint density at radius 1 is 0.535 bits per heavy atom. The fourth-order valence-electron chi connectivity index (χ4n) is 6.80. The maximum atomic E-state index is 13.2. The average molecular weight is 1010 g/mol. The third-order valence-corrected chi connectivity index (χ3v) is 10.4. The van der Waals surface area contributed by atoms with Gasteiger partial charge in [-0.25, -0.2) is 4.79 Å². The number of nitrogens with one attached hydrogen (secondary N) is 3. The van der Waals surface area contributed by atoms with Gasteiger partial charge in [-0.3, -0.25) is 34.2 Å². The molecule has 2 heterocycles. The summed E-state index contributed by atoms with van der Waals surface area (Å²) in [6.07, 6.45) is 1.93. The first-order chi connectivity index (χ1) is 34.8. The van der Waals surface area contributed by atoms with E-state index in [-0.39, 0.29) is 48.6 Å². The van der Waals surface area contributed by atoms with Gasteiger partial charge in [-0.2, -0.15) is 0 Å². The molecule has 2 aromatic carbocycles. The quantitative estimate of drug-likeness (QED) is 0.0638. The number of piperidine rings is 1. The first-order valence-electron chi connectivity index (χ1n) is 24.3. The number of fused-ring (bicyclic) bond motifs is 1. The van der Waals surface area contributed by atoms with Crippen molar-refractivity contribution in [1.82, 2.24) is 15.5 Å². The molecule has 0 aliphatic carbocycles. The second-order valence-electron chi connectivity index (χ2n) is 15.8. The minimum atomic E-state index is -1.08. The number of nitrogens with zero attached hydrogens (tertiary/aromatic N) is 1. The number of carbonyl (C=O) groups excluding carboxylic acids is 6. The predicted octanol–water partition coefficient (Wildman–Crippen LogP) is 2.70. The van der Waals surface area contributed by atoms with Crippen molar-refractivity contribution in [1.29, 1.82) is 0 Å². The molecular formula is C49H72N4O18. The van der Waals surface area contributed by atoms with E-state index in [1.807, 2.05) is 30.3 Å². The molecule has 22 nitrogen and oxygen atoms in total. The molecule has 1 atom stereocenters. The van der Waals surface area contributed by atoms with Gasteiger partial charge in [0.1, 0.15) is 12.6 Å². The van der Waals surface area contributed by atoms with Crippen molar-refractivity contribution in [3.8, 4) is 0 Å². The summed E-state index contributed by atoms with van der Waals surface area (Å²) >= 11 is 0. The summed E-state index contributed by atoms with van der Waals surface area (Å²) in [6, 6.07) is 13.0. The number of carbonyl (C=O) groups is 6. The Kier molecular flexibility index (Phi) is 31.2. The van der Waals surface area contributed by atoms with Crippen molar-refractivity contribution in [3.63, 3.8) is 0 Å². The number of anilines is 1. The normalized spacial score (nSPS) is 14.5. The fraction of sp³-hybridized carbons (Fsp3) is 0.633. The molecule has 22 heteroatoms. The topological polar surface area (TPSA) is 253 Å². The molecule has 2 aliphatic rings. The van der Waals surface area contributed by atoms with Crippen LogP contribution < -0.4 is 16.0 Å². The predicted molar refractivity (Wildman–Crippen MR) is 254 cm³/mol. The van der Waals surface area contributed by atoms with Gasteiger partial charge in [-0.1, -0.05) is 42.8 Å². The molecule has 0 aromatic heterocycles. The lowest BCUT2D eigenvalue weighted by atomic mass is 10.0. The SMILES string of the molecule is O=C1CCC(N2C(=O)c3cccc(NC(=O)CCCCCOCCOCCOCCOCCOCCOCCOCCOCCOCCOCCOCCNC(=O)OCc4ccccc4)c3C2=O)C(=O)N1. The van der Waals surface area contributed by atoms with Crippen LogP contribution in [0.3, 0.4) is 0 Å². The van der Waals surface area contributed by atoms with Crippen LogP contribution in [0.5, 0.6) is 0 Å². The van der Waals surface area contributed by atoms with Crippen molar-refractivity contribution in [2.75, 3.05) is 157 Å². The van der Waals surface area contributed by atoms with Crippen molar-refractivity contribution in [2.24, 2.45) is 0 Å². The average Bonchev–Trinajstić information content (AvgIpc) is 3.62. The standard InChI is InChI=1S/C49H72N4O18/c54-43(51-41-11-7-10-40-45(41)48(58)53(47(40)57)42-13-14-44(55)52-46(42)56)12-5-2-6-16-60-18-20-62-22-24-64-26-28-66-30-32-68-34-36-70-37-35-69-33-31-67-29-27-65-25-23-63-21-19-61-17-15-50-49(59)71-38-39-8-3-1-4-9-39/h1,3-4,7-11,42H,2,5-6,12-38H2,(H,50,59)(H,51,54)(H,52,55,56). The van der Waals surface area contributed by atoms with Gasteiger partial charge in [0.25, 0.3) is 11.8 Å². The Hall–Kier alpha value is -4.98. The number of rotatable bonds is 43. The first-order valence-corrected chi connectivity index (χ1v) is 24.3. The van der Waals surface area contributed by atoms with E-state index in [9.17, 15) is 28.8 Å². The van der Waals surface area contributed by atoms with Crippen molar-refractivity contribution < 1.29 is 85.6 Å². The minimum absolute atomic E-state index is 0.0236. The highest BCUT2D eigenvalue weighted by Crippen LogP contribution is 2.32. The number of hydrogen-bond acceptors (Lipinski definition) is 18. The molecule has 1 unspecified atom stereocenters. The first kappa shape index (κ1) is 58.6. The van der Waals surface area contributed by atoms with E-state index in [2.05, 4.69) is 16.0 Å². The summed E-state index contributed by atoms with van der Waals surface area (Å²) in [5.41, 5.74) is 1.30. The number of unbranched alkanes of at least 4 members (excludes halogenated alkanes) is 2. The van der Waals surface area contributed by atoms with Gasteiger partial charge in [0.05, 0.1) is 156 Å². The third kappa shape index (κ3) is 25.3. The molecular weight excluding hydrogens is 933 g/mol. The number of ether oxygens (including phenoxy) is 12. The van der Waals surface area contributed by atoms with Crippen molar-refractivity contribution in [2.45, 2.75) is 51.2 Å². The van der Waals surface area contributed by atoms with Crippen molar-refractivity contribution in [3.05, 3.63) is 65.2 Å². The van der Waals surface area contributed by atoms with Gasteiger partial charge in [0.15, 0.2) is 0 Å². The summed E-state index contributed by atoms with van der Waals surface area (Å²) in [5, 5.41) is 7.55. The van der Waals surface area contributed by atoms with Gasteiger partial charge >= 0.3 is 6.09 Å². The highest BCUT2D eigenvalue weighted by molar-refractivity contribution is 6.26. The Morgan fingerprint density at radius 2 is 1.01 bits per heavy atom. The van der Waals surface area contributed by atoms with Crippen LogP contribution in [0.15, 0.2) is 48.5 Å². The zero-order chi connectivity index (χ0) is 50.4. The van der Waals surface area contributed by atoms with E-state index in [4.69, 9.17) is 56.8 Å². The molecule has 3 N–H and O–H groups in total. The Balaban J connectivity index is 0.784. The van der Waals surface area contributed by atoms with E-state index in [0.29, 0.717) is 158 Å². The zero-order valence-corrected chi connectivity index (χ0v) is 40.7. The van der Waals surface area contributed by atoms with Crippen LogP contribution in [-0.4, -0.2) is 198 Å². The minimum Gasteiger partial charge on any atom is -0.445 e. The van der Waals surface area contributed by atoms with E-state index >= 15 is 0 Å². The monoisotopic (exact) mass is 1000 g/mol. The summed E-state index contributed by atoms with van der Waals surface area (Å²) < 4.78 is 65.7. The Morgan fingerprint density at radius 3 is 1.51 bits per heavy atom. The van der Waals surface area contributed by atoms with Crippen LogP contribution in [0, 0.1) is 0 Å². The van der Waals surface area contributed by atoms with Gasteiger partial charge in [0, 0.05) is 26.0 Å². The third-order valence-electron chi connectivity index (χ3n) is 10.4. The van der Waals surface area contributed by atoms with Gasteiger partial charge in [-0.15, -0.1) is 0 Å². The van der Waals surface area contributed by atoms with Gasteiger partial charge < -0.3 is 67.5 Å². The Bertz CT molecular complexity index is 1840. The lowest BCUT2D eigenvalue weighted by molar-refractivity contribution is -0.136. The largest absolute Gasteiger partial charge is 0.445 e. The molecule has 4 rings (SSSR count). The van der Waals surface area contributed by atoms with Crippen LogP contribution in [0.2, 0.25) is 0 Å². The van der Waals surface area contributed by atoms with Crippen LogP contribution in [0.4, 0.5) is 10.5 Å². The van der Waals surface area contributed by atoms with E-state index < -0.39 is 35.8 Å². The number of imide groups is 2. The summed E-state index contributed by atoms with van der Waals surface area (Å²) in [5.74, 6) is -2.74.